The molecule has 4 aliphatic heterocycles. The van der Waals surface area contributed by atoms with Gasteiger partial charge in [-0.3, -0.25) is 0 Å². The second-order valence-corrected chi connectivity index (χ2v) is 13.1. The van der Waals surface area contributed by atoms with Crippen LogP contribution < -0.4 is 32.2 Å². The van der Waals surface area contributed by atoms with Crippen molar-refractivity contribution < 1.29 is 0 Å². The molecular weight excluding hydrogens is 540 g/mol. The van der Waals surface area contributed by atoms with Gasteiger partial charge in [0.1, 0.15) is 0 Å². The van der Waals surface area contributed by atoms with Crippen LogP contribution >= 0.6 is 0 Å². The van der Waals surface area contributed by atoms with Crippen molar-refractivity contribution in [3.8, 4) is 22.3 Å². The van der Waals surface area contributed by atoms with Crippen LogP contribution in [0, 0.1) is 0 Å². The summed E-state index contributed by atoms with van der Waals surface area (Å²) in [6.07, 6.45) is 2.08. The van der Waals surface area contributed by atoms with Crippen molar-refractivity contribution in [3.05, 3.63) is 162 Å². The lowest BCUT2D eigenvalue weighted by atomic mass is 9.32. The van der Waals surface area contributed by atoms with Gasteiger partial charge in [-0.1, -0.05) is 144 Å². The fourth-order valence-corrected chi connectivity index (χ4v) is 9.38. The first kappa shape index (κ1) is 24.1. The van der Waals surface area contributed by atoms with Crippen LogP contribution in [0.15, 0.2) is 151 Å². The van der Waals surface area contributed by atoms with E-state index in [1.165, 1.54) is 94.4 Å². The lowest BCUT2D eigenvalue weighted by Crippen LogP contribution is -2.61. The molecular formula is C42H27B2N. The van der Waals surface area contributed by atoms with E-state index in [-0.39, 0.29) is 13.4 Å². The van der Waals surface area contributed by atoms with Gasteiger partial charge in [0.25, 0.3) is 0 Å². The van der Waals surface area contributed by atoms with Gasteiger partial charge in [0, 0.05) is 17.1 Å². The van der Waals surface area contributed by atoms with E-state index >= 15 is 0 Å². The highest BCUT2D eigenvalue weighted by molar-refractivity contribution is 7.03. The molecule has 6 aromatic rings. The molecule has 0 saturated carbocycles. The maximum atomic E-state index is 2.71. The molecule has 0 atom stereocenters. The van der Waals surface area contributed by atoms with Gasteiger partial charge in [-0.25, -0.2) is 0 Å². The maximum absolute atomic E-state index is 2.71. The van der Waals surface area contributed by atoms with Crippen molar-refractivity contribution in [2.24, 2.45) is 0 Å². The molecule has 1 nitrogen and oxygen atoms in total. The summed E-state index contributed by atoms with van der Waals surface area (Å²) >= 11 is 0. The van der Waals surface area contributed by atoms with Gasteiger partial charge in [-0.15, -0.1) is 0 Å². The summed E-state index contributed by atoms with van der Waals surface area (Å²) in [7, 11) is 0. The van der Waals surface area contributed by atoms with Crippen molar-refractivity contribution >= 4 is 63.3 Å². The predicted molar refractivity (Wildman–Crippen MR) is 192 cm³/mol. The Bertz CT molecular complexity index is 2330. The Labute approximate surface area is 264 Å². The number of anilines is 2. The molecule has 1 aliphatic carbocycles. The van der Waals surface area contributed by atoms with Gasteiger partial charge in [0.15, 0.2) is 0 Å². The maximum Gasteiger partial charge on any atom is 0.248 e. The topological polar surface area (TPSA) is 3.24 Å². The van der Waals surface area contributed by atoms with Gasteiger partial charge >= 0.3 is 0 Å². The highest BCUT2D eigenvalue weighted by Gasteiger charge is 2.51. The molecule has 45 heavy (non-hydrogen) atoms. The van der Waals surface area contributed by atoms with E-state index in [4.69, 9.17) is 0 Å². The second kappa shape index (κ2) is 8.67. The van der Waals surface area contributed by atoms with Crippen LogP contribution in [0.2, 0.25) is 0 Å². The summed E-state index contributed by atoms with van der Waals surface area (Å²) in [6, 6.07) is 52.6. The van der Waals surface area contributed by atoms with E-state index in [9.17, 15) is 0 Å². The summed E-state index contributed by atoms with van der Waals surface area (Å²) in [5.74, 6) is 0. The fourth-order valence-electron chi connectivity index (χ4n) is 9.38. The van der Waals surface area contributed by atoms with Crippen LogP contribution in [-0.4, -0.2) is 13.4 Å². The minimum absolute atomic E-state index is 0.222. The molecule has 0 amide bonds. The highest BCUT2D eigenvalue weighted by atomic mass is 15.2. The lowest BCUT2D eigenvalue weighted by molar-refractivity contribution is 0.928. The molecule has 0 bridgehead atoms. The van der Waals surface area contributed by atoms with Crippen molar-refractivity contribution in [2.75, 3.05) is 4.90 Å². The Balaban J connectivity index is 1.29. The molecule has 4 heterocycles. The highest BCUT2D eigenvalue weighted by Crippen LogP contribution is 2.52. The average Bonchev–Trinajstić information content (AvgIpc) is 3.64. The van der Waals surface area contributed by atoms with E-state index in [0.717, 1.165) is 12.8 Å². The van der Waals surface area contributed by atoms with E-state index in [1.807, 2.05) is 0 Å². The molecule has 11 rings (SSSR count). The zero-order chi connectivity index (χ0) is 29.2. The van der Waals surface area contributed by atoms with Crippen LogP contribution in [0.4, 0.5) is 11.4 Å². The minimum Gasteiger partial charge on any atom is -0.316 e. The summed E-state index contributed by atoms with van der Waals surface area (Å²) < 4.78 is 0. The molecule has 0 unspecified atom stereocenters. The van der Waals surface area contributed by atoms with Crippen LogP contribution in [0.5, 0.6) is 0 Å². The molecule has 0 spiro atoms. The Kier molecular flexibility index (Phi) is 4.64. The van der Waals surface area contributed by atoms with Gasteiger partial charge < -0.3 is 4.90 Å². The molecule has 5 aliphatic rings. The first-order valence-corrected chi connectivity index (χ1v) is 16.2. The van der Waals surface area contributed by atoms with Crippen molar-refractivity contribution in [1.82, 2.24) is 0 Å². The number of rotatable bonds is 2. The minimum atomic E-state index is 0.222. The van der Waals surface area contributed by atoms with Gasteiger partial charge in [-0.05, 0) is 85.3 Å². The number of nitrogens with zero attached hydrogens (tertiary/aromatic N) is 1. The molecule has 0 aromatic heterocycles. The third-order valence-corrected chi connectivity index (χ3v) is 11.0. The number of allylic oxidation sites excluding steroid dienone is 4. The molecule has 0 fully saturated rings. The van der Waals surface area contributed by atoms with Crippen LogP contribution in [0.25, 0.3) is 33.4 Å². The SMILES string of the molecule is c1ccc(C2=C3C4=C(CC2)N2c5cccc6c5B(c5ccccc5-6)c5cc(-c6ccccc6)cc(c52)B4c2ccccc23)cc1. The van der Waals surface area contributed by atoms with Gasteiger partial charge in [0.2, 0.25) is 13.4 Å². The van der Waals surface area contributed by atoms with Crippen molar-refractivity contribution in [1.29, 1.82) is 0 Å². The Hall–Kier alpha value is -5.27. The molecule has 206 valence electrons. The summed E-state index contributed by atoms with van der Waals surface area (Å²) in [6.45, 7) is 0.457. The fraction of sp³-hybridized carbons (Fsp3) is 0.0476. The monoisotopic (exact) mass is 567 g/mol. The van der Waals surface area contributed by atoms with Crippen LogP contribution in [0.3, 0.4) is 0 Å². The second-order valence-electron chi connectivity index (χ2n) is 13.1. The Morgan fingerprint density at radius 1 is 0.467 bits per heavy atom. The van der Waals surface area contributed by atoms with E-state index in [0.29, 0.717) is 0 Å². The van der Waals surface area contributed by atoms with Crippen LogP contribution in [0.1, 0.15) is 24.0 Å². The first-order chi connectivity index (χ1) is 22.4. The zero-order valence-corrected chi connectivity index (χ0v) is 24.8. The molecule has 0 radical (unpaired) electrons. The predicted octanol–water partition coefficient (Wildman–Crippen LogP) is 6.44. The van der Waals surface area contributed by atoms with Crippen molar-refractivity contribution in [3.63, 3.8) is 0 Å². The molecule has 0 N–H and O–H groups in total. The van der Waals surface area contributed by atoms with Gasteiger partial charge in [0.05, 0.1) is 0 Å². The summed E-state index contributed by atoms with van der Waals surface area (Å²) in [5, 5.41) is 0. The zero-order valence-electron chi connectivity index (χ0n) is 24.8. The van der Waals surface area contributed by atoms with E-state index < -0.39 is 0 Å². The molecule has 6 aromatic carbocycles. The quantitative estimate of drug-likeness (QED) is 0.218. The molecule has 3 heteroatoms. The van der Waals surface area contributed by atoms with Crippen LogP contribution in [-0.2, 0) is 0 Å². The van der Waals surface area contributed by atoms with Gasteiger partial charge in [-0.2, -0.15) is 0 Å². The summed E-state index contributed by atoms with van der Waals surface area (Å²) in [5.41, 5.74) is 24.2. The summed E-state index contributed by atoms with van der Waals surface area (Å²) in [4.78, 5) is 2.71. The lowest BCUT2D eigenvalue weighted by Gasteiger charge is -2.45. The van der Waals surface area contributed by atoms with E-state index in [1.54, 1.807) is 0 Å². The number of fused-ring (bicyclic) bond motifs is 10. The third-order valence-electron chi connectivity index (χ3n) is 11.0. The van der Waals surface area contributed by atoms with Crippen molar-refractivity contribution in [2.45, 2.75) is 12.8 Å². The van der Waals surface area contributed by atoms with E-state index in [2.05, 4.69) is 144 Å². The Morgan fingerprint density at radius 2 is 1.09 bits per heavy atom. The average molecular weight is 567 g/mol. The molecule has 0 saturated heterocycles. The Morgan fingerprint density at radius 3 is 1.87 bits per heavy atom. The first-order valence-electron chi connectivity index (χ1n) is 16.2. The number of hydrogen-bond acceptors (Lipinski definition) is 1. The normalized spacial score (nSPS) is 16.0. The number of benzene rings is 6. The number of hydrogen-bond donors (Lipinski definition) is 0. The third kappa shape index (κ3) is 3.01. The smallest absolute Gasteiger partial charge is 0.248 e. The standard InChI is InChI=1S/C42H27B2N/c1-3-12-26(13-4-1)28-24-35-42-36(25-28)44-34-20-10-8-17-32(34)39-29(27-14-5-2-6-15-27)22-23-38(41(39)44)45(42)37-21-11-18-31-30-16-7-9-19-33(30)43(35)40(31)37/h1-21,24-25H,22-23H2. The largest absolute Gasteiger partial charge is 0.316 e.